The Morgan fingerprint density at radius 2 is 0.488 bits per heavy atom. The number of carbonyl (C=O) groups is 8. The van der Waals surface area contributed by atoms with Crippen molar-refractivity contribution < 1.29 is 99.6 Å². The zero-order valence-electron chi connectivity index (χ0n) is 44.5. The Labute approximate surface area is 474 Å². The smallest absolute Gasteiger partial charge is 0.336 e. The van der Waals surface area contributed by atoms with E-state index in [9.17, 15) is 79.2 Å². The van der Waals surface area contributed by atoms with Crippen LogP contribution in [0.3, 0.4) is 0 Å². The van der Waals surface area contributed by atoms with Gasteiger partial charge in [-0.15, -0.1) is 0 Å². The molecule has 0 aliphatic carbocycles. The van der Waals surface area contributed by atoms with Crippen LogP contribution in [0.4, 0.5) is 0 Å². The van der Waals surface area contributed by atoms with Gasteiger partial charge in [-0.3, -0.25) is 19.2 Å². The Balaban J connectivity index is 0.000000205. The second kappa shape index (κ2) is 27.5. The lowest BCUT2D eigenvalue weighted by molar-refractivity contribution is -0.161. The van der Waals surface area contributed by atoms with Crippen LogP contribution < -0.4 is 22.9 Å². The molecule has 2 unspecified atom stereocenters. The lowest BCUT2D eigenvalue weighted by Gasteiger charge is -2.24. The van der Waals surface area contributed by atoms with E-state index < -0.39 is 120 Å². The Hall–Kier alpha value is -9.52. The van der Waals surface area contributed by atoms with E-state index >= 15 is 0 Å². The number of para-hydroxylation sites is 4. The zero-order chi connectivity index (χ0) is 62.5. The fraction of sp³-hybridized carbons (Fsp3) is 0.286. The fourth-order valence-electron chi connectivity index (χ4n) is 9.12. The molecule has 0 aliphatic rings. The number of hydrogen-bond acceptors (Lipinski definition) is 16. The highest BCUT2D eigenvalue weighted by atomic mass is 16.4. The minimum absolute atomic E-state index is 0.229. The van der Waals surface area contributed by atoms with Crippen LogP contribution in [0, 0.1) is 0 Å². The molecule has 0 spiro atoms. The third-order valence-corrected chi connectivity index (χ3v) is 13.7. The van der Waals surface area contributed by atoms with Crippen molar-refractivity contribution in [3.05, 3.63) is 144 Å². The molecule has 24 N–H and O–H groups in total. The molecule has 8 rings (SSSR count). The van der Waals surface area contributed by atoms with Gasteiger partial charge in [-0.05, 0) is 46.5 Å². The lowest BCUT2D eigenvalue weighted by Crippen LogP contribution is -2.48. The second-order valence-corrected chi connectivity index (χ2v) is 20.1. The average molecular weight is 1170 g/mol. The van der Waals surface area contributed by atoms with Crippen LogP contribution in [-0.4, -0.2) is 176 Å². The first-order valence-corrected chi connectivity index (χ1v) is 25.3. The van der Waals surface area contributed by atoms with Crippen LogP contribution in [0.25, 0.3) is 43.6 Å². The number of carboxylic acids is 8. The highest BCUT2D eigenvalue weighted by Gasteiger charge is 2.43. The molecule has 8 aromatic rings. The number of fused-ring (bicyclic) bond motifs is 4. The summed E-state index contributed by atoms with van der Waals surface area (Å²) in [4.78, 5) is 100. The van der Waals surface area contributed by atoms with E-state index in [0.717, 1.165) is 43.6 Å². The van der Waals surface area contributed by atoms with Crippen molar-refractivity contribution in [2.75, 3.05) is 0 Å². The molecule has 0 amide bonds. The monoisotopic (exact) mass is 1170 g/mol. The summed E-state index contributed by atoms with van der Waals surface area (Å²) in [7, 11) is 0. The largest absolute Gasteiger partial charge is 0.480 e. The summed E-state index contributed by atoms with van der Waals surface area (Å²) in [5, 5.41) is 116. The molecule has 28 heteroatoms. The number of hydrogen-bond donors (Lipinski definition) is 20. The highest BCUT2D eigenvalue weighted by molar-refractivity contribution is 5.89. The molecule has 4 aromatic heterocycles. The van der Waals surface area contributed by atoms with Crippen LogP contribution in [0.15, 0.2) is 122 Å². The minimum atomic E-state index is -2.23. The summed E-state index contributed by atoms with van der Waals surface area (Å²) < 4.78 is 0. The summed E-state index contributed by atoms with van der Waals surface area (Å²) >= 11 is 0. The van der Waals surface area contributed by atoms with Gasteiger partial charge in [-0.25, -0.2) is 19.2 Å². The number of H-pyrrole nitrogens is 4. The van der Waals surface area contributed by atoms with Crippen molar-refractivity contribution in [3.63, 3.8) is 0 Å². The van der Waals surface area contributed by atoms with Gasteiger partial charge in [0.15, 0.2) is 22.4 Å². The van der Waals surface area contributed by atoms with Crippen LogP contribution in [0.5, 0.6) is 0 Å². The maximum Gasteiger partial charge on any atom is 0.336 e. The van der Waals surface area contributed by atoms with Gasteiger partial charge in [0.25, 0.3) is 0 Å². The summed E-state index contributed by atoms with van der Waals surface area (Å²) in [6.45, 7) is 0. The third kappa shape index (κ3) is 16.4. The number of carboxylic acid groups (broad SMARTS) is 8. The molecule has 0 aliphatic heterocycles. The van der Waals surface area contributed by atoms with E-state index in [1.54, 1.807) is 73.3 Å². The quantitative estimate of drug-likeness (QED) is 0.0405. The molecule has 8 atom stereocenters. The number of aromatic amines is 4. The predicted molar refractivity (Wildman–Crippen MR) is 299 cm³/mol. The van der Waals surface area contributed by atoms with Gasteiger partial charge in [0.1, 0.15) is 24.2 Å². The number of rotatable bonds is 24. The van der Waals surface area contributed by atoms with Crippen LogP contribution in [-0.2, 0) is 64.0 Å². The highest BCUT2D eigenvalue weighted by Crippen LogP contribution is 2.30. The third-order valence-electron chi connectivity index (χ3n) is 13.7. The summed E-state index contributed by atoms with van der Waals surface area (Å²) in [5.74, 6) is -11.4. The second-order valence-electron chi connectivity index (χ2n) is 20.1. The number of aliphatic hydroxyl groups is 4. The molecule has 0 saturated heterocycles. The lowest BCUT2D eigenvalue weighted by atomic mass is 9.88. The van der Waals surface area contributed by atoms with Crippen LogP contribution in [0.1, 0.15) is 47.9 Å². The first kappa shape index (κ1) is 65.3. The van der Waals surface area contributed by atoms with Crippen molar-refractivity contribution in [2.45, 2.75) is 97.9 Å². The van der Waals surface area contributed by atoms with Gasteiger partial charge in [0, 0.05) is 120 Å². The molecule has 0 bridgehead atoms. The minimum Gasteiger partial charge on any atom is -0.480 e. The standard InChI is InChI=1S/4C14H16N2O5/c4*15-10(12(17)18)6-14(21,13(19)20)5-8-7-16-11-4-2-1-3-9(8)11/h4*1-4,7,10,16,21H,5-6,15H2,(H,17,18)(H,19,20)/t2*10?,14-;10-,14+;10-,14-/m1001/s1. The van der Waals surface area contributed by atoms with E-state index in [-0.39, 0.29) is 25.7 Å². The fourth-order valence-corrected chi connectivity index (χ4v) is 9.12. The van der Waals surface area contributed by atoms with Gasteiger partial charge in [0.2, 0.25) is 0 Å². The van der Waals surface area contributed by atoms with E-state index in [1.807, 2.05) is 48.5 Å². The van der Waals surface area contributed by atoms with Crippen LogP contribution in [0.2, 0.25) is 0 Å². The predicted octanol–water partition coefficient (Wildman–Crippen LogP) is 1.31. The maximum atomic E-state index is 11.3. The Morgan fingerprint density at radius 1 is 0.321 bits per heavy atom. The van der Waals surface area contributed by atoms with E-state index in [0.29, 0.717) is 22.3 Å². The number of nitrogens with two attached hydrogens (primary N) is 4. The van der Waals surface area contributed by atoms with Crippen molar-refractivity contribution in [1.82, 2.24) is 19.9 Å². The molecular weight excluding hydrogens is 1100 g/mol. The van der Waals surface area contributed by atoms with Gasteiger partial charge in [-0.2, -0.15) is 0 Å². The number of nitrogens with one attached hydrogen (secondary N) is 4. The molecule has 0 saturated carbocycles. The summed E-state index contributed by atoms with van der Waals surface area (Å²) in [6, 6.07) is 23.1. The van der Waals surface area contributed by atoms with Gasteiger partial charge < -0.3 is 104 Å². The first-order valence-electron chi connectivity index (χ1n) is 25.3. The topological polar surface area (TPSA) is 547 Å². The molecule has 448 valence electrons. The Bertz CT molecular complexity index is 3200. The van der Waals surface area contributed by atoms with Crippen molar-refractivity contribution in [3.8, 4) is 0 Å². The van der Waals surface area contributed by atoms with Crippen molar-refractivity contribution >= 4 is 91.4 Å². The molecular formula is C56H64N8O20. The molecule has 84 heavy (non-hydrogen) atoms. The van der Waals surface area contributed by atoms with E-state index in [2.05, 4.69) is 19.9 Å². The summed E-state index contributed by atoms with van der Waals surface area (Å²) in [6.07, 6.45) is 3.20. The van der Waals surface area contributed by atoms with Crippen LogP contribution >= 0.6 is 0 Å². The number of benzene rings is 4. The molecule has 4 heterocycles. The first-order chi connectivity index (χ1) is 39.3. The van der Waals surface area contributed by atoms with Gasteiger partial charge in [-0.1, -0.05) is 72.8 Å². The van der Waals surface area contributed by atoms with Gasteiger partial charge in [0.05, 0.1) is 0 Å². The SMILES string of the molecule is NC(C[C@@](O)(Cc1c[nH]c2ccccc12)C(=O)O)C(=O)O.NC(C[C@](O)(Cc1c[nH]c2ccccc12)C(=O)O)C(=O)O.N[C@@H](C[C@](O)(Cc1c[nH]c2ccccc12)C(=O)O)C(=O)O.N[C@H](C[C@](O)(Cc1c[nH]c2ccccc12)C(=O)O)C(=O)O. The summed E-state index contributed by atoms with van der Waals surface area (Å²) in [5.41, 5.74) is 18.1. The molecule has 28 nitrogen and oxygen atoms in total. The number of aromatic nitrogens is 4. The number of aliphatic carboxylic acids is 8. The van der Waals surface area contributed by atoms with Crippen molar-refractivity contribution in [1.29, 1.82) is 0 Å². The maximum absolute atomic E-state index is 11.3. The zero-order valence-corrected chi connectivity index (χ0v) is 44.5. The van der Waals surface area contributed by atoms with E-state index in [1.165, 1.54) is 0 Å². The molecule has 0 radical (unpaired) electrons. The van der Waals surface area contributed by atoms with Crippen molar-refractivity contribution in [2.24, 2.45) is 22.9 Å². The average Bonchev–Trinajstić information content (AvgIpc) is 3.83. The Kier molecular flexibility index (Phi) is 21.4. The normalized spacial score (nSPS) is 15.5. The Morgan fingerprint density at radius 3 is 0.643 bits per heavy atom. The molecule has 0 fully saturated rings. The molecule has 4 aromatic carbocycles. The van der Waals surface area contributed by atoms with Gasteiger partial charge >= 0.3 is 47.8 Å². The van der Waals surface area contributed by atoms with E-state index in [4.69, 9.17) is 43.4 Å².